The first-order valence-corrected chi connectivity index (χ1v) is 7.35. The van der Waals surface area contributed by atoms with E-state index in [4.69, 9.17) is 21.6 Å². The number of ether oxygens (including phenoxy) is 1. The van der Waals surface area contributed by atoms with Gasteiger partial charge in [-0.05, 0) is 18.2 Å². The Bertz CT molecular complexity index is 961. The molecule has 0 spiro atoms. The maximum Gasteiger partial charge on any atom is 0.238 e. The molecule has 0 unspecified atom stereocenters. The lowest BCUT2D eigenvalue weighted by Gasteiger charge is -2.07. The summed E-state index contributed by atoms with van der Waals surface area (Å²) < 4.78 is 6.70. The van der Waals surface area contributed by atoms with Crippen molar-refractivity contribution in [2.45, 2.75) is 6.42 Å². The van der Waals surface area contributed by atoms with E-state index < -0.39 is 5.91 Å². The van der Waals surface area contributed by atoms with Crippen LogP contribution in [-0.2, 0) is 4.79 Å². The minimum atomic E-state index is -0.419. The zero-order chi connectivity index (χ0) is 17.1. The van der Waals surface area contributed by atoms with Gasteiger partial charge in [-0.3, -0.25) is 4.79 Å². The summed E-state index contributed by atoms with van der Waals surface area (Å²) in [6.45, 7) is 0. The molecule has 1 aromatic carbocycles. The highest BCUT2D eigenvalue weighted by atomic mass is 35.5. The van der Waals surface area contributed by atoms with Crippen molar-refractivity contribution in [3.63, 3.8) is 0 Å². The Balaban J connectivity index is 1.97. The molecule has 0 atom stereocenters. The van der Waals surface area contributed by atoms with Gasteiger partial charge in [0.2, 0.25) is 11.8 Å². The number of fused-ring (bicyclic) bond motifs is 1. The van der Waals surface area contributed by atoms with E-state index in [0.29, 0.717) is 27.9 Å². The molecule has 3 rings (SSSR count). The number of nitrogens with one attached hydrogen (secondary N) is 1. The minimum Gasteiger partial charge on any atom is -0.480 e. The molecule has 2 heterocycles. The van der Waals surface area contributed by atoms with Crippen molar-refractivity contribution in [2.24, 2.45) is 0 Å². The van der Waals surface area contributed by atoms with Crippen molar-refractivity contribution in [2.75, 3.05) is 12.4 Å². The van der Waals surface area contributed by atoms with Crippen molar-refractivity contribution in [3.05, 3.63) is 41.6 Å². The second kappa shape index (κ2) is 6.56. The highest BCUT2D eigenvalue weighted by molar-refractivity contribution is 6.33. The largest absolute Gasteiger partial charge is 0.480 e. The fraction of sp³-hybridized carbons (Fsp3) is 0.125. The summed E-state index contributed by atoms with van der Waals surface area (Å²) in [7, 11) is 1.54. The van der Waals surface area contributed by atoms with Crippen LogP contribution in [0.5, 0.6) is 5.88 Å². The lowest BCUT2D eigenvalue weighted by molar-refractivity contribution is -0.115. The lowest BCUT2D eigenvalue weighted by Crippen LogP contribution is -2.10. The first kappa shape index (κ1) is 15.8. The van der Waals surface area contributed by atoms with Gasteiger partial charge in [0.1, 0.15) is 6.42 Å². The number of carbonyl (C=O) groups excluding carboxylic acids is 1. The fourth-order valence-corrected chi connectivity index (χ4v) is 2.32. The van der Waals surface area contributed by atoms with Crippen molar-refractivity contribution in [1.82, 2.24) is 14.6 Å². The van der Waals surface area contributed by atoms with E-state index in [2.05, 4.69) is 15.4 Å². The van der Waals surface area contributed by atoms with Crippen molar-refractivity contribution >= 4 is 28.8 Å². The van der Waals surface area contributed by atoms with Crippen LogP contribution in [0, 0.1) is 11.3 Å². The molecule has 0 aliphatic carbocycles. The zero-order valence-electron chi connectivity index (χ0n) is 12.7. The number of anilines is 1. The van der Waals surface area contributed by atoms with Gasteiger partial charge in [0.25, 0.3) is 0 Å². The Hall–Kier alpha value is -3.11. The molecular formula is C16H12ClN5O2. The van der Waals surface area contributed by atoms with Crippen molar-refractivity contribution < 1.29 is 9.53 Å². The van der Waals surface area contributed by atoms with Gasteiger partial charge in [-0.1, -0.05) is 17.7 Å². The molecule has 0 radical (unpaired) electrons. The van der Waals surface area contributed by atoms with E-state index in [0.717, 1.165) is 5.56 Å². The molecule has 8 heteroatoms. The van der Waals surface area contributed by atoms with Gasteiger partial charge in [-0.15, -0.1) is 5.10 Å². The Morgan fingerprint density at radius 2 is 2.25 bits per heavy atom. The smallest absolute Gasteiger partial charge is 0.238 e. The first-order chi connectivity index (χ1) is 11.6. The summed E-state index contributed by atoms with van der Waals surface area (Å²) in [5.74, 6) is 0.0602. The van der Waals surface area contributed by atoms with E-state index in [1.807, 2.05) is 0 Å². The molecule has 1 N–H and O–H groups in total. The zero-order valence-corrected chi connectivity index (χ0v) is 13.4. The Morgan fingerprint density at radius 3 is 3.00 bits per heavy atom. The number of rotatable bonds is 4. The van der Waals surface area contributed by atoms with Crippen LogP contribution in [0.4, 0.5) is 5.69 Å². The van der Waals surface area contributed by atoms with Crippen LogP contribution in [0.25, 0.3) is 16.9 Å². The average Bonchev–Trinajstić information content (AvgIpc) is 3.00. The molecular weight excluding hydrogens is 330 g/mol. The highest BCUT2D eigenvalue weighted by Gasteiger charge is 2.11. The van der Waals surface area contributed by atoms with Gasteiger partial charge in [0.05, 0.1) is 35.8 Å². The molecule has 7 nitrogen and oxygen atoms in total. The van der Waals surface area contributed by atoms with Gasteiger partial charge in [-0.25, -0.2) is 9.50 Å². The normalized spacial score (nSPS) is 10.4. The molecule has 0 saturated carbocycles. The summed E-state index contributed by atoms with van der Waals surface area (Å²) in [5.41, 5.74) is 2.52. The van der Waals surface area contributed by atoms with Crippen molar-refractivity contribution in [3.8, 4) is 23.2 Å². The molecule has 24 heavy (non-hydrogen) atoms. The lowest BCUT2D eigenvalue weighted by atomic mass is 10.1. The maximum absolute atomic E-state index is 11.6. The number of aromatic nitrogens is 3. The maximum atomic E-state index is 11.6. The number of hydrogen-bond acceptors (Lipinski definition) is 5. The van der Waals surface area contributed by atoms with E-state index >= 15 is 0 Å². The van der Waals surface area contributed by atoms with Crippen LogP contribution in [0.2, 0.25) is 5.02 Å². The summed E-state index contributed by atoms with van der Waals surface area (Å²) in [4.78, 5) is 16.1. The van der Waals surface area contributed by atoms with Crippen LogP contribution >= 0.6 is 11.6 Å². The number of imidazole rings is 1. The summed E-state index contributed by atoms with van der Waals surface area (Å²) in [6.07, 6.45) is 1.51. The third-order valence-corrected chi connectivity index (χ3v) is 3.61. The highest BCUT2D eigenvalue weighted by Crippen LogP contribution is 2.28. The summed E-state index contributed by atoms with van der Waals surface area (Å²) in [5, 5.41) is 15.8. The van der Waals surface area contributed by atoms with Gasteiger partial charge < -0.3 is 10.1 Å². The summed E-state index contributed by atoms with van der Waals surface area (Å²) >= 11 is 6.09. The van der Waals surface area contributed by atoms with Crippen LogP contribution < -0.4 is 10.1 Å². The van der Waals surface area contributed by atoms with E-state index in [-0.39, 0.29) is 6.42 Å². The van der Waals surface area contributed by atoms with Crippen LogP contribution in [0.3, 0.4) is 0 Å². The Labute approximate surface area is 142 Å². The number of carbonyl (C=O) groups is 1. The van der Waals surface area contributed by atoms with Gasteiger partial charge in [-0.2, -0.15) is 5.26 Å². The summed E-state index contributed by atoms with van der Waals surface area (Å²) in [6, 6.07) is 10.5. The average molecular weight is 342 g/mol. The molecule has 0 aliphatic rings. The number of nitriles is 1. The second-order valence-corrected chi connectivity index (χ2v) is 5.29. The number of hydrogen-bond donors (Lipinski definition) is 1. The molecule has 1 amide bonds. The number of benzene rings is 1. The number of halogens is 1. The van der Waals surface area contributed by atoms with Gasteiger partial charge in [0, 0.05) is 11.6 Å². The van der Waals surface area contributed by atoms with Gasteiger partial charge >= 0.3 is 0 Å². The van der Waals surface area contributed by atoms with E-state index in [9.17, 15) is 4.79 Å². The minimum absolute atomic E-state index is 0.237. The predicted octanol–water partition coefficient (Wildman–Crippen LogP) is 2.91. The molecule has 2 aromatic heterocycles. The molecule has 0 saturated heterocycles. The van der Waals surface area contributed by atoms with Crippen molar-refractivity contribution in [1.29, 1.82) is 5.26 Å². The molecule has 0 aliphatic heterocycles. The molecule has 0 bridgehead atoms. The number of amides is 1. The molecule has 0 fully saturated rings. The van der Waals surface area contributed by atoms with Crippen LogP contribution in [0.1, 0.15) is 6.42 Å². The monoisotopic (exact) mass is 341 g/mol. The first-order valence-electron chi connectivity index (χ1n) is 6.98. The molecule has 3 aromatic rings. The third-order valence-electron chi connectivity index (χ3n) is 3.28. The Kier molecular flexibility index (Phi) is 4.31. The van der Waals surface area contributed by atoms with Crippen LogP contribution in [-0.4, -0.2) is 27.6 Å². The molecule has 120 valence electrons. The standard InChI is InChI=1S/C16H12ClN5O2/c1-24-16-5-4-14-19-13(9-22(14)21-16)10-2-3-11(17)12(8-10)20-15(23)6-7-18/h2-5,8-9H,6H2,1H3,(H,20,23). The SMILES string of the molecule is COc1ccc2nc(-c3ccc(Cl)c(NC(=O)CC#N)c3)cn2n1. The van der Waals surface area contributed by atoms with E-state index in [1.165, 1.54) is 0 Å². The second-order valence-electron chi connectivity index (χ2n) is 4.88. The van der Waals surface area contributed by atoms with Gasteiger partial charge in [0.15, 0.2) is 5.65 Å². The fourth-order valence-electron chi connectivity index (χ4n) is 2.16. The Morgan fingerprint density at radius 1 is 1.42 bits per heavy atom. The third kappa shape index (κ3) is 3.14. The number of methoxy groups -OCH3 is 1. The topological polar surface area (TPSA) is 92.3 Å². The quantitative estimate of drug-likeness (QED) is 0.787. The number of nitrogens with zero attached hydrogens (tertiary/aromatic N) is 4. The van der Waals surface area contributed by atoms with Crippen LogP contribution in [0.15, 0.2) is 36.5 Å². The van der Waals surface area contributed by atoms with E-state index in [1.54, 1.807) is 54.2 Å². The predicted molar refractivity (Wildman–Crippen MR) is 88.8 cm³/mol.